The van der Waals surface area contributed by atoms with Gasteiger partial charge < -0.3 is 4.98 Å². The Morgan fingerprint density at radius 2 is 2.32 bits per heavy atom. The summed E-state index contributed by atoms with van der Waals surface area (Å²) in [6.45, 7) is 4.60. The van der Waals surface area contributed by atoms with Gasteiger partial charge in [-0.3, -0.25) is 4.90 Å². The fourth-order valence-corrected chi connectivity index (χ4v) is 3.65. The molecular formula is C17H22N2. The topological polar surface area (TPSA) is 19.0 Å². The van der Waals surface area contributed by atoms with Gasteiger partial charge in [-0.05, 0) is 50.4 Å². The van der Waals surface area contributed by atoms with Gasteiger partial charge in [-0.1, -0.05) is 17.7 Å². The van der Waals surface area contributed by atoms with Crippen LogP contribution in [0.5, 0.6) is 0 Å². The molecule has 1 unspecified atom stereocenters. The summed E-state index contributed by atoms with van der Waals surface area (Å²) in [7, 11) is 0. The van der Waals surface area contributed by atoms with Crippen molar-refractivity contribution in [2.75, 3.05) is 13.1 Å². The summed E-state index contributed by atoms with van der Waals surface area (Å²) in [6.07, 6.45) is 8.60. The lowest BCUT2D eigenvalue weighted by Crippen LogP contribution is -2.32. The van der Waals surface area contributed by atoms with Gasteiger partial charge >= 0.3 is 0 Å². The summed E-state index contributed by atoms with van der Waals surface area (Å²) >= 11 is 0. The first-order chi connectivity index (χ1) is 9.31. The van der Waals surface area contributed by atoms with Gasteiger partial charge in [-0.2, -0.15) is 0 Å². The van der Waals surface area contributed by atoms with Gasteiger partial charge in [0.15, 0.2) is 0 Å². The van der Waals surface area contributed by atoms with E-state index in [0.717, 1.165) is 12.6 Å². The van der Waals surface area contributed by atoms with Gasteiger partial charge in [-0.25, -0.2) is 0 Å². The largest absolute Gasteiger partial charge is 0.361 e. The maximum atomic E-state index is 3.42. The second-order valence-corrected chi connectivity index (χ2v) is 5.98. The summed E-state index contributed by atoms with van der Waals surface area (Å²) < 4.78 is 0. The molecule has 0 amide bonds. The lowest BCUT2D eigenvalue weighted by Gasteiger charge is -2.29. The number of H-pyrrole nitrogens is 1. The predicted molar refractivity (Wildman–Crippen MR) is 82.3 cm³/mol. The van der Waals surface area contributed by atoms with Crippen LogP contribution in [0, 0.1) is 6.92 Å². The van der Waals surface area contributed by atoms with Crippen molar-refractivity contribution in [2.24, 2.45) is 0 Å². The Morgan fingerprint density at radius 3 is 3.26 bits per heavy atom. The summed E-state index contributed by atoms with van der Waals surface area (Å²) in [5.74, 6) is 0. The number of aromatic nitrogens is 1. The average molecular weight is 254 g/mol. The van der Waals surface area contributed by atoms with Crippen LogP contribution in [0.15, 0.2) is 30.5 Å². The van der Waals surface area contributed by atoms with Gasteiger partial charge in [0.05, 0.1) is 0 Å². The van der Waals surface area contributed by atoms with Gasteiger partial charge in [0.1, 0.15) is 0 Å². The molecule has 2 nitrogen and oxygen atoms in total. The minimum absolute atomic E-state index is 0. The highest BCUT2D eigenvalue weighted by Crippen LogP contribution is 2.35. The van der Waals surface area contributed by atoms with Crippen LogP contribution in [0.4, 0.5) is 0 Å². The van der Waals surface area contributed by atoms with Crippen molar-refractivity contribution in [1.29, 1.82) is 0 Å². The van der Waals surface area contributed by atoms with Gasteiger partial charge in [-0.15, -0.1) is 0 Å². The highest BCUT2D eigenvalue weighted by Gasteiger charge is 2.28. The zero-order chi connectivity index (χ0) is 12.8. The van der Waals surface area contributed by atoms with E-state index >= 15 is 0 Å². The third kappa shape index (κ3) is 1.82. The molecule has 1 atom stereocenters. The molecule has 0 aliphatic carbocycles. The third-order valence-corrected chi connectivity index (χ3v) is 4.71. The molecule has 100 valence electrons. The molecule has 0 radical (unpaired) electrons. The fraction of sp³-hybridized carbons (Fsp3) is 0.412. The molecule has 0 saturated carbocycles. The van der Waals surface area contributed by atoms with Crippen LogP contribution in [-0.4, -0.2) is 29.0 Å². The van der Waals surface area contributed by atoms with E-state index in [0.29, 0.717) is 0 Å². The van der Waals surface area contributed by atoms with Crippen molar-refractivity contribution in [1.82, 2.24) is 9.88 Å². The highest BCUT2D eigenvalue weighted by atomic mass is 15.2. The van der Waals surface area contributed by atoms with E-state index in [1.165, 1.54) is 47.8 Å². The van der Waals surface area contributed by atoms with Crippen LogP contribution in [0.25, 0.3) is 16.5 Å². The third-order valence-electron chi connectivity index (χ3n) is 4.71. The number of hydrogen-bond donors (Lipinski definition) is 1. The monoisotopic (exact) mass is 254 g/mol. The van der Waals surface area contributed by atoms with Crippen molar-refractivity contribution in [3.05, 3.63) is 41.6 Å². The van der Waals surface area contributed by atoms with Crippen molar-refractivity contribution < 1.29 is 1.43 Å². The second-order valence-electron chi connectivity index (χ2n) is 5.98. The molecular weight excluding hydrogens is 232 g/mol. The number of benzene rings is 1. The number of nitrogens with one attached hydrogen (secondary N) is 1. The Kier molecular flexibility index (Phi) is 2.52. The summed E-state index contributed by atoms with van der Waals surface area (Å²) in [5.41, 5.74) is 5.56. The maximum absolute atomic E-state index is 3.42. The van der Waals surface area contributed by atoms with E-state index in [4.69, 9.17) is 0 Å². The fourth-order valence-electron chi connectivity index (χ4n) is 3.65. The lowest BCUT2D eigenvalue weighted by atomic mass is 9.93. The first-order valence-corrected chi connectivity index (χ1v) is 7.32. The molecule has 2 heteroatoms. The number of nitrogens with zero attached hydrogens (tertiary/aromatic N) is 1. The Balaban J connectivity index is 0.00000121. The molecule has 0 bridgehead atoms. The van der Waals surface area contributed by atoms with E-state index in [1.54, 1.807) is 5.57 Å². The molecule has 2 aromatic rings. The van der Waals surface area contributed by atoms with Gasteiger partial charge in [0.25, 0.3) is 0 Å². The zero-order valence-electron chi connectivity index (χ0n) is 11.4. The van der Waals surface area contributed by atoms with Crippen molar-refractivity contribution >= 4 is 16.5 Å². The molecule has 1 N–H and O–H groups in total. The molecule has 3 heterocycles. The standard InChI is InChI=1S/C17H20N2.H2/c1-12-4-5-17-15(9-12)16(11-18-17)13-6-8-19-7-2-3-14(19)10-13;/h4-6,9,11,14,18H,2-3,7-8,10H2,1H3;1H. The summed E-state index contributed by atoms with van der Waals surface area (Å²) in [5, 5.41) is 1.39. The van der Waals surface area contributed by atoms with Gasteiger partial charge in [0, 0.05) is 36.7 Å². The normalized spacial score (nSPS) is 23.6. The van der Waals surface area contributed by atoms with Crippen LogP contribution in [0.1, 0.15) is 31.8 Å². The van der Waals surface area contributed by atoms with E-state index in [2.05, 4.69) is 47.3 Å². The summed E-state index contributed by atoms with van der Waals surface area (Å²) in [4.78, 5) is 6.05. The Hall–Kier alpha value is -1.54. The van der Waals surface area contributed by atoms with E-state index in [9.17, 15) is 0 Å². The number of aromatic amines is 1. The highest BCUT2D eigenvalue weighted by molar-refractivity contribution is 5.93. The molecule has 19 heavy (non-hydrogen) atoms. The Bertz CT molecular complexity index is 656. The molecule has 2 aliphatic rings. The molecule has 1 aromatic carbocycles. The van der Waals surface area contributed by atoms with Crippen molar-refractivity contribution in [3.8, 4) is 0 Å². The average Bonchev–Trinajstić information content (AvgIpc) is 3.03. The number of rotatable bonds is 1. The molecule has 2 aliphatic heterocycles. The van der Waals surface area contributed by atoms with E-state index in [-0.39, 0.29) is 1.43 Å². The van der Waals surface area contributed by atoms with Crippen molar-refractivity contribution in [2.45, 2.75) is 32.2 Å². The van der Waals surface area contributed by atoms with E-state index < -0.39 is 0 Å². The molecule has 1 saturated heterocycles. The van der Waals surface area contributed by atoms with Crippen LogP contribution >= 0.6 is 0 Å². The van der Waals surface area contributed by atoms with Crippen molar-refractivity contribution in [3.63, 3.8) is 0 Å². The lowest BCUT2D eigenvalue weighted by molar-refractivity contribution is 0.275. The SMILES string of the molecule is Cc1ccc2[nH]cc(C3=CCN4CCCC4C3)c2c1.[HH]. The van der Waals surface area contributed by atoms with Crippen LogP contribution in [-0.2, 0) is 0 Å². The van der Waals surface area contributed by atoms with Crippen LogP contribution in [0.2, 0.25) is 0 Å². The van der Waals surface area contributed by atoms with Gasteiger partial charge in [0.2, 0.25) is 0 Å². The Labute approximate surface area is 115 Å². The Morgan fingerprint density at radius 1 is 1.37 bits per heavy atom. The number of aryl methyl sites for hydroxylation is 1. The first kappa shape index (κ1) is 11.3. The molecule has 1 aromatic heterocycles. The van der Waals surface area contributed by atoms with Crippen LogP contribution in [0.3, 0.4) is 0 Å². The first-order valence-electron chi connectivity index (χ1n) is 7.32. The molecule has 1 fully saturated rings. The molecule has 4 rings (SSSR count). The number of hydrogen-bond acceptors (Lipinski definition) is 1. The maximum Gasteiger partial charge on any atom is 0.0460 e. The molecule has 0 spiro atoms. The smallest absolute Gasteiger partial charge is 0.0460 e. The summed E-state index contributed by atoms with van der Waals surface area (Å²) in [6, 6.07) is 7.47. The van der Waals surface area contributed by atoms with E-state index in [1.807, 2.05) is 0 Å². The minimum atomic E-state index is 0. The number of fused-ring (bicyclic) bond motifs is 2. The minimum Gasteiger partial charge on any atom is -0.361 e. The zero-order valence-corrected chi connectivity index (χ0v) is 11.4. The second kappa shape index (κ2) is 4.24. The van der Waals surface area contributed by atoms with Crippen LogP contribution < -0.4 is 0 Å². The predicted octanol–water partition coefficient (Wildman–Crippen LogP) is 3.97. The quantitative estimate of drug-likeness (QED) is 0.815.